The molecule has 0 saturated heterocycles. The van der Waals surface area contributed by atoms with E-state index in [-0.39, 0.29) is 5.54 Å². The summed E-state index contributed by atoms with van der Waals surface area (Å²) in [6, 6.07) is 8.06. The number of benzene rings is 1. The number of halogens is 1. The number of allylic oxidation sites excluding steroid dienone is 1. The Bertz CT molecular complexity index is 350. The second-order valence-electron chi connectivity index (χ2n) is 4.20. The molecule has 0 saturated carbocycles. The Morgan fingerprint density at radius 2 is 1.75 bits per heavy atom. The van der Waals surface area contributed by atoms with E-state index < -0.39 is 0 Å². The molecule has 1 nitrogen and oxygen atoms in total. The van der Waals surface area contributed by atoms with Crippen LogP contribution in [0.4, 0.5) is 0 Å². The maximum Gasteiger partial charge on any atom is 0.0616 e. The third kappa shape index (κ3) is 2.79. The zero-order chi connectivity index (χ0) is 12.2. The Hall–Kier alpha value is -0.950. The van der Waals surface area contributed by atoms with E-state index in [1.54, 1.807) is 0 Å². The summed E-state index contributed by atoms with van der Waals surface area (Å²) in [6.07, 6.45) is 2.05. The van der Waals surface area contributed by atoms with Crippen LogP contribution in [-0.2, 0) is 5.54 Å². The second kappa shape index (κ2) is 5.40. The maximum absolute atomic E-state index is 5.92. The molecule has 0 fully saturated rings. The predicted octanol–water partition coefficient (Wildman–Crippen LogP) is 4.48. The zero-order valence-electron chi connectivity index (χ0n) is 10.3. The van der Waals surface area contributed by atoms with Gasteiger partial charge in [0.05, 0.1) is 5.54 Å². The molecule has 0 spiro atoms. The summed E-state index contributed by atoms with van der Waals surface area (Å²) in [7, 11) is 0. The van der Waals surface area contributed by atoms with E-state index in [1.165, 1.54) is 5.56 Å². The van der Waals surface area contributed by atoms with Crippen molar-refractivity contribution in [2.75, 3.05) is 0 Å². The summed E-state index contributed by atoms with van der Waals surface area (Å²) in [4.78, 5) is 0. The van der Waals surface area contributed by atoms with Gasteiger partial charge in [-0.25, -0.2) is 0 Å². The third-order valence-corrected chi connectivity index (χ3v) is 3.31. The maximum atomic E-state index is 5.92. The molecule has 0 aliphatic rings. The van der Waals surface area contributed by atoms with Gasteiger partial charge in [0.2, 0.25) is 0 Å². The lowest BCUT2D eigenvalue weighted by Crippen LogP contribution is -2.39. The highest BCUT2D eigenvalue weighted by Gasteiger charge is 2.27. The van der Waals surface area contributed by atoms with Crippen molar-refractivity contribution in [1.29, 1.82) is 0 Å². The SMILES string of the molecule is C=C(C)NC(CC)(CC)c1ccc(Cl)cc1. The van der Waals surface area contributed by atoms with Crippen molar-refractivity contribution in [3.63, 3.8) is 0 Å². The lowest BCUT2D eigenvalue weighted by Gasteiger charge is -2.35. The van der Waals surface area contributed by atoms with Gasteiger partial charge in [0.25, 0.3) is 0 Å². The third-order valence-electron chi connectivity index (χ3n) is 3.06. The van der Waals surface area contributed by atoms with Crippen LogP contribution in [0.25, 0.3) is 0 Å². The van der Waals surface area contributed by atoms with Crippen LogP contribution >= 0.6 is 11.6 Å². The molecule has 0 atom stereocenters. The molecule has 0 heterocycles. The minimum atomic E-state index is -0.0174. The molecule has 0 aromatic heterocycles. The lowest BCUT2D eigenvalue weighted by molar-refractivity contribution is 0.339. The summed E-state index contributed by atoms with van der Waals surface area (Å²) in [6.45, 7) is 10.3. The number of nitrogens with one attached hydrogen (secondary N) is 1. The standard InChI is InChI=1S/C14H20ClN/c1-5-14(6-2,16-11(3)4)12-7-9-13(15)10-8-12/h7-10,16H,3,5-6H2,1-2,4H3. The monoisotopic (exact) mass is 237 g/mol. The highest BCUT2D eigenvalue weighted by molar-refractivity contribution is 6.30. The molecular weight excluding hydrogens is 218 g/mol. The van der Waals surface area contributed by atoms with Crippen molar-refractivity contribution >= 4 is 11.6 Å². The summed E-state index contributed by atoms with van der Waals surface area (Å²) in [5.41, 5.74) is 2.25. The highest BCUT2D eigenvalue weighted by atomic mass is 35.5. The van der Waals surface area contributed by atoms with Crippen LogP contribution in [0.2, 0.25) is 5.02 Å². The summed E-state index contributed by atoms with van der Waals surface area (Å²) in [5.74, 6) is 0. The average Bonchev–Trinajstić information content (AvgIpc) is 2.27. The molecule has 0 amide bonds. The Morgan fingerprint density at radius 1 is 1.25 bits per heavy atom. The van der Waals surface area contributed by atoms with Crippen molar-refractivity contribution in [3.05, 3.63) is 47.1 Å². The fourth-order valence-electron chi connectivity index (χ4n) is 2.08. The van der Waals surface area contributed by atoms with Gasteiger partial charge >= 0.3 is 0 Å². The molecule has 1 aromatic carbocycles. The van der Waals surface area contributed by atoms with Crippen LogP contribution in [0.1, 0.15) is 39.2 Å². The fraction of sp³-hybridized carbons (Fsp3) is 0.429. The molecule has 1 N–H and O–H groups in total. The Kier molecular flexibility index (Phi) is 4.43. The van der Waals surface area contributed by atoms with Crippen molar-refractivity contribution in [1.82, 2.24) is 5.32 Å². The first-order chi connectivity index (χ1) is 7.54. The first kappa shape index (κ1) is 13.1. The zero-order valence-corrected chi connectivity index (χ0v) is 11.1. The first-order valence-electron chi connectivity index (χ1n) is 5.74. The van der Waals surface area contributed by atoms with E-state index in [4.69, 9.17) is 11.6 Å². The van der Waals surface area contributed by atoms with Gasteiger partial charge in [-0.15, -0.1) is 0 Å². The average molecular weight is 238 g/mol. The summed E-state index contributed by atoms with van der Waals surface area (Å²) in [5, 5.41) is 4.27. The first-order valence-corrected chi connectivity index (χ1v) is 6.11. The molecule has 88 valence electrons. The topological polar surface area (TPSA) is 12.0 Å². The lowest BCUT2D eigenvalue weighted by atomic mass is 9.84. The summed E-state index contributed by atoms with van der Waals surface area (Å²) >= 11 is 5.92. The minimum Gasteiger partial charge on any atom is -0.380 e. The Morgan fingerprint density at radius 3 is 2.12 bits per heavy atom. The molecule has 2 heteroatoms. The fourth-order valence-corrected chi connectivity index (χ4v) is 2.21. The largest absolute Gasteiger partial charge is 0.380 e. The minimum absolute atomic E-state index is 0.0174. The van der Waals surface area contributed by atoms with Crippen LogP contribution in [0, 0.1) is 0 Å². The van der Waals surface area contributed by atoms with E-state index in [0.717, 1.165) is 23.6 Å². The molecule has 0 bridgehead atoms. The van der Waals surface area contributed by atoms with Gasteiger partial charge in [-0.2, -0.15) is 0 Å². The van der Waals surface area contributed by atoms with Crippen LogP contribution in [0.15, 0.2) is 36.5 Å². The van der Waals surface area contributed by atoms with Crippen molar-refractivity contribution in [2.45, 2.75) is 39.2 Å². The van der Waals surface area contributed by atoms with Crippen molar-refractivity contribution < 1.29 is 0 Å². The Labute approximate surface area is 104 Å². The molecular formula is C14H20ClN. The molecule has 16 heavy (non-hydrogen) atoms. The van der Waals surface area contributed by atoms with Gasteiger partial charge in [0.15, 0.2) is 0 Å². The molecule has 1 aromatic rings. The van der Waals surface area contributed by atoms with Gasteiger partial charge in [0.1, 0.15) is 0 Å². The quantitative estimate of drug-likeness (QED) is 0.796. The molecule has 0 aliphatic heterocycles. The van der Waals surface area contributed by atoms with Crippen LogP contribution in [0.5, 0.6) is 0 Å². The van der Waals surface area contributed by atoms with Gasteiger partial charge in [-0.05, 0) is 37.5 Å². The molecule has 1 rings (SSSR count). The molecule has 0 unspecified atom stereocenters. The van der Waals surface area contributed by atoms with E-state index in [1.807, 2.05) is 19.1 Å². The second-order valence-corrected chi connectivity index (χ2v) is 4.64. The smallest absolute Gasteiger partial charge is 0.0616 e. The van der Waals surface area contributed by atoms with E-state index in [2.05, 4.69) is 37.9 Å². The number of hydrogen-bond acceptors (Lipinski definition) is 1. The van der Waals surface area contributed by atoms with Crippen LogP contribution in [-0.4, -0.2) is 0 Å². The number of hydrogen-bond donors (Lipinski definition) is 1. The number of rotatable bonds is 5. The van der Waals surface area contributed by atoms with Crippen molar-refractivity contribution in [3.8, 4) is 0 Å². The summed E-state index contributed by atoms with van der Waals surface area (Å²) < 4.78 is 0. The van der Waals surface area contributed by atoms with Crippen LogP contribution < -0.4 is 5.32 Å². The predicted molar refractivity (Wildman–Crippen MR) is 71.7 cm³/mol. The van der Waals surface area contributed by atoms with Gasteiger partial charge < -0.3 is 5.32 Å². The highest BCUT2D eigenvalue weighted by Crippen LogP contribution is 2.30. The van der Waals surface area contributed by atoms with E-state index >= 15 is 0 Å². The Balaban J connectivity index is 3.09. The van der Waals surface area contributed by atoms with Crippen LogP contribution in [0.3, 0.4) is 0 Å². The normalized spacial score (nSPS) is 11.2. The van der Waals surface area contributed by atoms with Gasteiger partial charge in [0, 0.05) is 10.7 Å². The molecule has 0 radical (unpaired) electrons. The van der Waals surface area contributed by atoms with E-state index in [9.17, 15) is 0 Å². The van der Waals surface area contributed by atoms with Crippen molar-refractivity contribution in [2.24, 2.45) is 0 Å². The van der Waals surface area contributed by atoms with E-state index in [0.29, 0.717) is 0 Å². The molecule has 0 aliphatic carbocycles. The van der Waals surface area contributed by atoms with Gasteiger partial charge in [-0.1, -0.05) is 44.2 Å². The van der Waals surface area contributed by atoms with Gasteiger partial charge in [-0.3, -0.25) is 0 Å².